The number of hydrogen-bond donors (Lipinski definition) is 0. The molecule has 2 aromatic rings. The molecule has 0 saturated carbocycles. The SMILES string of the molecule is COc1cc(C(=O)OCc2cccc(Br)c2)c(Br)c(OC)c1OC. The number of ether oxygens (including phenoxy) is 4. The maximum atomic E-state index is 12.4. The van der Waals surface area contributed by atoms with E-state index < -0.39 is 5.97 Å². The van der Waals surface area contributed by atoms with Crippen LogP contribution in [-0.2, 0) is 11.3 Å². The number of halogens is 2. The summed E-state index contributed by atoms with van der Waals surface area (Å²) in [6, 6.07) is 9.10. The molecule has 0 N–H and O–H groups in total. The van der Waals surface area contributed by atoms with Gasteiger partial charge in [-0.05, 0) is 39.7 Å². The highest BCUT2D eigenvalue weighted by Gasteiger charge is 2.23. The minimum Gasteiger partial charge on any atom is -0.493 e. The molecule has 0 saturated heterocycles. The van der Waals surface area contributed by atoms with Crippen LogP contribution in [0, 0.1) is 0 Å². The molecule has 0 atom stereocenters. The highest BCUT2D eigenvalue weighted by atomic mass is 79.9. The Kier molecular flexibility index (Phi) is 6.51. The molecule has 0 amide bonds. The first-order chi connectivity index (χ1) is 11.5. The minimum absolute atomic E-state index is 0.154. The van der Waals surface area contributed by atoms with Crippen molar-refractivity contribution in [2.24, 2.45) is 0 Å². The zero-order valence-electron chi connectivity index (χ0n) is 13.4. The van der Waals surface area contributed by atoms with Gasteiger partial charge in [0, 0.05) is 4.47 Å². The minimum atomic E-state index is -0.499. The molecular formula is C17H16Br2O5. The quantitative estimate of drug-likeness (QED) is 0.591. The molecule has 0 aliphatic heterocycles. The summed E-state index contributed by atoms with van der Waals surface area (Å²) in [7, 11) is 4.47. The Morgan fingerprint density at radius 3 is 2.29 bits per heavy atom. The van der Waals surface area contributed by atoms with Crippen LogP contribution in [0.15, 0.2) is 39.3 Å². The molecule has 0 radical (unpaired) electrons. The molecule has 0 bridgehead atoms. The van der Waals surface area contributed by atoms with Crippen molar-refractivity contribution in [3.8, 4) is 17.2 Å². The smallest absolute Gasteiger partial charge is 0.339 e. The number of hydrogen-bond acceptors (Lipinski definition) is 5. The summed E-state index contributed by atoms with van der Waals surface area (Å²) in [6.45, 7) is 0.154. The Morgan fingerprint density at radius 1 is 1.00 bits per heavy atom. The van der Waals surface area contributed by atoms with Crippen LogP contribution < -0.4 is 14.2 Å². The van der Waals surface area contributed by atoms with Gasteiger partial charge in [-0.25, -0.2) is 4.79 Å². The molecule has 0 fully saturated rings. The van der Waals surface area contributed by atoms with Gasteiger partial charge in [0.25, 0.3) is 0 Å². The lowest BCUT2D eigenvalue weighted by Gasteiger charge is -2.16. The van der Waals surface area contributed by atoms with Crippen LogP contribution in [0.1, 0.15) is 15.9 Å². The van der Waals surface area contributed by atoms with Gasteiger partial charge in [0.2, 0.25) is 5.75 Å². The van der Waals surface area contributed by atoms with Gasteiger partial charge in [0.15, 0.2) is 11.5 Å². The average molecular weight is 460 g/mol. The van der Waals surface area contributed by atoms with Crippen LogP contribution in [0.5, 0.6) is 17.2 Å². The Hall–Kier alpha value is -1.73. The zero-order valence-corrected chi connectivity index (χ0v) is 16.6. The van der Waals surface area contributed by atoms with Gasteiger partial charge in [-0.1, -0.05) is 28.1 Å². The lowest BCUT2D eigenvalue weighted by atomic mass is 10.1. The van der Waals surface area contributed by atoms with Crippen molar-refractivity contribution in [1.29, 1.82) is 0 Å². The molecule has 0 heterocycles. The van der Waals surface area contributed by atoms with E-state index in [0.29, 0.717) is 27.3 Å². The fourth-order valence-corrected chi connectivity index (χ4v) is 3.19. The van der Waals surface area contributed by atoms with Crippen molar-refractivity contribution in [2.75, 3.05) is 21.3 Å². The molecule has 0 spiro atoms. The fourth-order valence-electron chi connectivity index (χ4n) is 2.12. The number of benzene rings is 2. The fraction of sp³-hybridized carbons (Fsp3) is 0.235. The zero-order chi connectivity index (χ0) is 17.7. The van der Waals surface area contributed by atoms with Crippen molar-refractivity contribution in [3.63, 3.8) is 0 Å². The lowest BCUT2D eigenvalue weighted by Crippen LogP contribution is -2.08. The van der Waals surface area contributed by atoms with Crippen molar-refractivity contribution in [2.45, 2.75) is 6.61 Å². The molecule has 5 nitrogen and oxygen atoms in total. The molecule has 0 aliphatic rings. The monoisotopic (exact) mass is 458 g/mol. The Labute approximate surface area is 157 Å². The highest BCUT2D eigenvalue weighted by molar-refractivity contribution is 9.10. The third-order valence-electron chi connectivity index (χ3n) is 3.25. The standard InChI is InChI=1S/C17H16Br2O5/c1-21-13-8-12(14(19)16(23-3)15(13)22-2)17(20)24-9-10-5-4-6-11(18)7-10/h4-8H,9H2,1-3H3. The van der Waals surface area contributed by atoms with Crippen molar-refractivity contribution in [3.05, 3.63) is 50.4 Å². The van der Waals surface area contributed by atoms with Crippen LogP contribution in [0.25, 0.3) is 0 Å². The first kappa shape index (κ1) is 18.6. The summed E-state index contributed by atoms with van der Waals surface area (Å²) in [5, 5.41) is 0. The second kappa shape index (κ2) is 8.39. The average Bonchev–Trinajstić information content (AvgIpc) is 2.59. The van der Waals surface area contributed by atoms with Crippen LogP contribution >= 0.6 is 31.9 Å². The third-order valence-corrected chi connectivity index (χ3v) is 4.53. The van der Waals surface area contributed by atoms with Gasteiger partial charge < -0.3 is 18.9 Å². The van der Waals surface area contributed by atoms with Crippen LogP contribution in [-0.4, -0.2) is 27.3 Å². The number of carbonyl (C=O) groups is 1. The van der Waals surface area contributed by atoms with Gasteiger partial charge in [-0.15, -0.1) is 0 Å². The first-order valence-electron chi connectivity index (χ1n) is 6.91. The maximum absolute atomic E-state index is 12.4. The van der Waals surface area contributed by atoms with Crippen molar-refractivity contribution >= 4 is 37.8 Å². The van der Waals surface area contributed by atoms with Gasteiger partial charge in [0.1, 0.15) is 6.61 Å². The van der Waals surface area contributed by atoms with Crippen molar-refractivity contribution in [1.82, 2.24) is 0 Å². The Bertz CT molecular complexity index is 746. The summed E-state index contributed by atoms with van der Waals surface area (Å²) in [6.07, 6.45) is 0. The molecular weight excluding hydrogens is 444 g/mol. The number of esters is 1. The molecule has 7 heteroatoms. The summed E-state index contributed by atoms with van der Waals surface area (Å²) in [5.41, 5.74) is 1.17. The predicted octanol–water partition coefficient (Wildman–Crippen LogP) is 4.59. The summed E-state index contributed by atoms with van der Waals surface area (Å²) < 4.78 is 22.6. The molecule has 0 aliphatic carbocycles. The Morgan fingerprint density at radius 2 is 1.71 bits per heavy atom. The van der Waals surface area contributed by atoms with Gasteiger partial charge in [0.05, 0.1) is 31.4 Å². The molecule has 0 aromatic heterocycles. The lowest BCUT2D eigenvalue weighted by molar-refractivity contribution is 0.0470. The number of carbonyl (C=O) groups excluding carboxylic acids is 1. The van der Waals surface area contributed by atoms with E-state index in [0.717, 1.165) is 10.0 Å². The maximum Gasteiger partial charge on any atom is 0.339 e. The number of methoxy groups -OCH3 is 3. The second-order valence-electron chi connectivity index (χ2n) is 4.71. The predicted molar refractivity (Wildman–Crippen MR) is 97.1 cm³/mol. The van der Waals surface area contributed by atoms with Crippen LogP contribution in [0.3, 0.4) is 0 Å². The van der Waals surface area contributed by atoms with E-state index in [9.17, 15) is 4.79 Å². The Balaban J connectivity index is 2.28. The van der Waals surface area contributed by atoms with E-state index >= 15 is 0 Å². The van der Waals surface area contributed by atoms with E-state index in [-0.39, 0.29) is 6.61 Å². The normalized spacial score (nSPS) is 10.2. The largest absolute Gasteiger partial charge is 0.493 e. The molecule has 0 unspecified atom stereocenters. The summed E-state index contributed by atoms with van der Waals surface area (Å²) >= 11 is 6.75. The second-order valence-corrected chi connectivity index (χ2v) is 6.42. The summed E-state index contributed by atoms with van der Waals surface area (Å²) in [4.78, 5) is 12.4. The van der Waals surface area contributed by atoms with Crippen LogP contribution in [0.2, 0.25) is 0 Å². The van der Waals surface area contributed by atoms with E-state index in [1.54, 1.807) is 6.07 Å². The van der Waals surface area contributed by atoms with Crippen molar-refractivity contribution < 1.29 is 23.7 Å². The van der Waals surface area contributed by atoms with E-state index in [4.69, 9.17) is 18.9 Å². The van der Waals surface area contributed by atoms with Gasteiger partial charge >= 0.3 is 5.97 Å². The molecule has 128 valence electrons. The number of rotatable bonds is 6. The molecule has 24 heavy (non-hydrogen) atoms. The topological polar surface area (TPSA) is 54.0 Å². The van der Waals surface area contributed by atoms with E-state index in [2.05, 4.69) is 31.9 Å². The first-order valence-corrected chi connectivity index (χ1v) is 8.50. The highest BCUT2D eigenvalue weighted by Crippen LogP contribution is 2.44. The van der Waals surface area contributed by atoms with Gasteiger partial charge in [-0.2, -0.15) is 0 Å². The molecule has 2 aromatic carbocycles. The van der Waals surface area contributed by atoms with Crippen LogP contribution in [0.4, 0.5) is 0 Å². The van der Waals surface area contributed by atoms with E-state index in [1.165, 1.54) is 21.3 Å². The van der Waals surface area contributed by atoms with E-state index in [1.807, 2.05) is 24.3 Å². The third kappa shape index (κ3) is 4.02. The summed E-state index contributed by atoms with van der Waals surface area (Å²) in [5.74, 6) is 0.648. The molecule has 2 rings (SSSR count). The van der Waals surface area contributed by atoms with Gasteiger partial charge in [-0.3, -0.25) is 0 Å².